The van der Waals surface area contributed by atoms with Gasteiger partial charge in [0.2, 0.25) is 17.7 Å². The monoisotopic (exact) mass is 679 g/mol. The number of hydrogen-bond donors (Lipinski definition) is 5. The lowest BCUT2D eigenvalue weighted by atomic mass is 9.91. The number of amides is 5. The number of nitrogens with one attached hydrogen (secondary N) is 4. The highest BCUT2D eigenvalue weighted by molar-refractivity contribution is 6.03. The lowest BCUT2D eigenvalue weighted by molar-refractivity contribution is -0.132. The van der Waals surface area contributed by atoms with Crippen molar-refractivity contribution >= 4 is 35.2 Å². The van der Waals surface area contributed by atoms with Crippen LogP contribution < -0.4 is 26.2 Å². The Morgan fingerprint density at radius 3 is 1.82 bits per heavy atom. The summed E-state index contributed by atoms with van der Waals surface area (Å²) in [6.07, 6.45) is -0.625. The minimum Gasteiger partial charge on any atom is -0.391 e. The van der Waals surface area contributed by atoms with Gasteiger partial charge in [0.1, 0.15) is 6.04 Å². The van der Waals surface area contributed by atoms with Gasteiger partial charge in [0.25, 0.3) is 11.8 Å². The fraction of sp³-hybridized carbons (Fsp3) is 0.553. The topological polar surface area (TPSA) is 157 Å². The van der Waals surface area contributed by atoms with E-state index in [1.54, 1.807) is 20.0 Å². The smallest absolute Gasteiger partial charge is 0.251 e. The lowest BCUT2D eigenvalue weighted by Crippen LogP contribution is -2.52. The summed E-state index contributed by atoms with van der Waals surface area (Å²) >= 11 is 0. The van der Waals surface area contributed by atoms with Gasteiger partial charge in [0.05, 0.1) is 18.2 Å². The molecule has 11 heteroatoms. The Bertz CT molecular complexity index is 1430. The highest BCUT2D eigenvalue weighted by Crippen LogP contribution is 2.22. The molecule has 2 aromatic carbocycles. The molecule has 11 nitrogen and oxygen atoms in total. The third-order valence-electron chi connectivity index (χ3n) is 8.43. The molecular formula is C38H57N5O6. The van der Waals surface area contributed by atoms with Gasteiger partial charge in [0, 0.05) is 43.2 Å². The van der Waals surface area contributed by atoms with Crippen LogP contribution in [0.25, 0.3) is 0 Å². The summed E-state index contributed by atoms with van der Waals surface area (Å²) in [5, 5.41) is 22.9. The van der Waals surface area contributed by atoms with E-state index >= 15 is 0 Å². The van der Waals surface area contributed by atoms with Crippen molar-refractivity contribution in [3.05, 3.63) is 65.2 Å². The van der Waals surface area contributed by atoms with Crippen molar-refractivity contribution in [2.24, 2.45) is 23.7 Å². The van der Waals surface area contributed by atoms with Crippen LogP contribution in [0.2, 0.25) is 0 Å². The maximum atomic E-state index is 13.7. The summed E-state index contributed by atoms with van der Waals surface area (Å²) in [5.74, 6) is -2.30. The van der Waals surface area contributed by atoms with Crippen molar-refractivity contribution in [1.29, 1.82) is 0 Å². The molecule has 0 spiro atoms. The molecule has 0 bridgehead atoms. The fourth-order valence-corrected chi connectivity index (χ4v) is 5.30. The molecule has 5 amide bonds. The number of carbonyl (C=O) groups is 5. The Morgan fingerprint density at radius 2 is 1.31 bits per heavy atom. The van der Waals surface area contributed by atoms with Crippen LogP contribution in [0.5, 0.6) is 0 Å². The van der Waals surface area contributed by atoms with Gasteiger partial charge in [-0.15, -0.1) is 0 Å². The minimum atomic E-state index is -1.09. The summed E-state index contributed by atoms with van der Waals surface area (Å²) in [7, 11) is 1.56. The maximum Gasteiger partial charge on any atom is 0.251 e. The molecule has 5 N–H and O–H groups in total. The normalized spacial score (nSPS) is 14.4. The molecule has 5 unspecified atom stereocenters. The van der Waals surface area contributed by atoms with E-state index in [-0.39, 0.29) is 59.1 Å². The first-order valence-corrected chi connectivity index (χ1v) is 17.2. The Morgan fingerprint density at radius 1 is 0.735 bits per heavy atom. The number of carbonyl (C=O) groups excluding carboxylic acids is 5. The molecule has 0 fully saturated rings. The molecular weight excluding hydrogens is 622 g/mol. The lowest BCUT2D eigenvalue weighted by Gasteiger charge is -2.29. The molecule has 0 aliphatic heterocycles. The Kier molecular flexibility index (Phi) is 15.9. The zero-order chi connectivity index (χ0) is 37.0. The first-order valence-electron chi connectivity index (χ1n) is 17.2. The van der Waals surface area contributed by atoms with Crippen molar-refractivity contribution < 1.29 is 29.1 Å². The number of anilines is 1. The van der Waals surface area contributed by atoms with Gasteiger partial charge in [-0.3, -0.25) is 24.0 Å². The second-order valence-corrected chi connectivity index (χ2v) is 14.2. The molecule has 0 aliphatic carbocycles. The van der Waals surface area contributed by atoms with Crippen molar-refractivity contribution in [1.82, 2.24) is 21.3 Å². The van der Waals surface area contributed by atoms with Crippen molar-refractivity contribution in [2.45, 2.75) is 99.4 Å². The second kappa shape index (κ2) is 19.1. The summed E-state index contributed by atoms with van der Waals surface area (Å²) in [6.45, 7) is 17.0. The summed E-state index contributed by atoms with van der Waals surface area (Å²) in [5.41, 5.74) is 1.61. The number of benzene rings is 2. The molecule has 0 heterocycles. The number of aliphatic hydroxyl groups excluding tert-OH is 1. The maximum absolute atomic E-state index is 13.7. The first kappa shape index (κ1) is 40.9. The standard InChI is InChI=1S/C38H57N5O6/c1-22(2)16-32(33(45)17-25(7)35(46)42-34(24(5)6)38(49)39-21-23(3)4)41-37(48)30-18-29(19-31(20-30)43(10)27(9)44)36(47)40-26(8)28-14-12-11-13-15-28/h11-15,18-20,22-26,32-34,45H,16-17,21H2,1-10H3,(H,39,49)(H,40,47)(H,41,48)(H,42,46). The van der Waals surface area contributed by atoms with Crippen LogP contribution in [-0.2, 0) is 14.4 Å². The van der Waals surface area contributed by atoms with Crippen molar-refractivity contribution in [2.75, 3.05) is 18.5 Å². The van der Waals surface area contributed by atoms with Gasteiger partial charge in [-0.1, -0.05) is 78.8 Å². The van der Waals surface area contributed by atoms with Crippen LogP contribution in [0, 0.1) is 23.7 Å². The van der Waals surface area contributed by atoms with Crippen molar-refractivity contribution in [3.63, 3.8) is 0 Å². The van der Waals surface area contributed by atoms with Gasteiger partial charge >= 0.3 is 0 Å². The fourth-order valence-electron chi connectivity index (χ4n) is 5.30. The van der Waals surface area contributed by atoms with E-state index in [1.165, 1.54) is 24.0 Å². The highest BCUT2D eigenvalue weighted by Gasteiger charge is 2.30. The quantitative estimate of drug-likeness (QED) is 0.165. The van der Waals surface area contributed by atoms with Crippen LogP contribution in [0.1, 0.15) is 107 Å². The third-order valence-corrected chi connectivity index (χ3v) is 8.43. The zero-order valence-electron chi connectivity index (χ0n) is 30.8. The average Bonchev–Trinajstić information content (AvgIpc) is 3.04. The van der Waals surface area contributed by atoms with Crippen LogP contribution in [0.3, 0.4) is 0 Å². The first-order chi connectivity index (χ1) is 22.9. The summed E-state index contributed by atoms with van der Waals surface area (Å²) in [6, 6.07) is 12.3. The molecule has 0 saturated heterocycles. The predicted molar refractivity (Wildman–Crippen MR) is 193 cm³/mol. The number of aliphatic hydroxyl groups is 1. The molecule has 0 radical (unpaired) electrons. The highest BCUT2D eigenvalue weighted by atomic mass is 16.3. The van der Waals surface area contributed by atoms with E-state index in [0.717, 1.165) is 5.56 Å². The van der Waals surface area contributed by atoms with Crippen LogP contribution >= 0.6 is 0 Å². The molecule has 270 valence electrons. The van der Waals surface area contributed by atoms with Gasteiger partial charge in [-0.25, -0.2) is 0 Å². The van der Waals surface area contributed by atoms with E-state index in [0.29, 0.717) is 18.7 Å². The van der Waals surface area contributed by atoms with E-state index in [4.69, 9.17) is 0 Å². The number of nitrogens with zero attached hydrogens (tertiary/aromatic N) is 1. The van der Waals surface area contributed by atoms with Crippen molar-refractivity contribution in [3.8, 4) is 0 Å². The van der Waals surface area contributed by atoms with Gasteiger partial charge in [-0.05, 0) is 61.3 Å². The van der Waals surface area contributed by atoms with Gasteiger partial charge < -0.3 is 31.3 Å². The van der Waals surface area contributed by atoms with Crippen LogP contribution in [0.4, 0.5) is 5.69 Å². The van der Waals surface area contributed by atoms with E-state index in [1.807, 2.05) is 78.8 Å². The Hall–Kier alpha value is -4.25. The van der Waals surface area contributed by atoms with E-state index in [9.17, 15) is 29.1 Å². The Labute approximate surface area is 292 Å². The minimum absolute atomic E-state index is 0.0417. The van der Waals surface area contributed by atoms with Crippen LogP contribution in [-0.4, -0.2) is 66.4 Å². The molecule has 0 saturated carbocycles. The second-order valence-electron chi connectivity index (χ2n) is 14.2. The van der Waals surface area contributed by atoms with E-state index < -0.39 is 35.9 Å². The number of rotatable bonds is 17. The molecule has 49 heavy (non-hydrogen) atoms. The van der Waals surface area contributed by atoms with Gasteiger partial charge in [-0.2, -0.15) is 0 Å². The molecule has 5 atom stereocenters. The van der Waals surface area contributed by atoms with Gasteiger partial charge in [0.15, 0.2) is 0 Å². The zero-order valence-corrected chi connectivity index (χ0v) is 30.8. The molecule has 0 aliphatic rings. The third kappa shape index (κ3) is 12.9. The number of hydrogen-bond acceptors (Lipinski definition) is 6. The Balaban J connectivity index is 2.27. The van der Waals surface area contributed by atoms with Crippen LogP contribution in [0.15, 0.2) is 48.5 Å². The predicted octanol–water partition coefficient (Wildman–Crippen LogP) is 4.60. The van der Waals surface area contributed by atoms with E-state index in [2.05, 4.69) is 21.3 Å². The molecule has 2 aromatic rings. The molecule has 2 rings (SSSR count). The summed E-state index contributed by atoms with van der Waals surface area (Å²) in [4.78, 5) is 66.7. The largest absolute Gasteiger partial charge is 0.391 e. The SMILES string of the molecule is CC(=O)N(C)c1cc(C(=O)NC(C)c2ccccc2)cc(C(=O)NC(CC(C)C)C(O)CC(C)C(=O)NC(C(=O)NCC(C)C)C(C)C)c1. The summed E-state index contributed by atoms with van der Waals surface area (Å²) < 4.78 is 0. The average molecular weight is 680 g/mol. The molecule has 0 aromatic heterocycles.